The highest BCUT2D eigenvalue weighted by atomic mass is 16.1. The molecule has 3 heteroatoms. The van der Waals surface area contributed by atoms with Gasteiger partial charge in [-0.25, -0.2) is 0 Å². The summed E-state index contributed by atoms with van der Waals surface area (Å²) < 4.78 is 2.30. The topological polar surface area (TPSA) is 34.0 Å². The van der Waals surface area contributed by atoms with E-state index in [1.165, 1.54) is 21.8 Å². The van der Waals surface area contributed by atoms with Gasteiger partial charge in [0, 0.05) is 40.5 Å². The lowest BCUT2D eigenvalue weighted by Crippen LogP contribution is -2.10. The van der Waals surface area contributed by atoms with Crippen LogP contribution >= 0.6 is 0 Å². The maximum atomic E-state index is 11.9. The van der Waals surface area contributed by atoms with Gasteiger partial charge >= 0.3 is 0 Å². The lowest BCUT2D eigenvalue weighted by molar-refractivity contribution is -0.116. The summed E-state index contributed by atoms with van der Waals surface area (Å²) in [7, 11) is 0. The van der Waals surface area contributed by atoms with E-state index in [1.807, 2.05) is 6.07 Å². The molecule has 3 aromatic rings. The molecule has 2 aromatic carbocycles. The quantitative estimate of drug-likeness (QED) is 0.678. The van der Waals surface area contributed by atoms with Gasteiger partial charge in [0.25, 0.3) is 0 Å². The van der Waals surface area contributed by atoms with Crippen LogP contribution in [0.15, 0.2) is 55.1 Å². The molecule has 0 aliphatic heterocycles. The van der Waals surface area contributed by atoms with Gasteiger partial charge in [-0.2, -0.15) is 0 Å². The van der Waals surface area contributed by atoms with Gasteiger partial charge in [0.15, 0.2) is 0 Å². The fourth-order valence-electron chi connectivity index (χ4n) is 2.93. The number of anilines is 1. The molecule has 0 saturated heterocycles. The third-order valence-electron chi connectivity index (χ3n) is 3.95. The molecule has 1 aromatic heterocycles. The van der Waals surface area contributed by atoms with Crippen LogP contribution in [0.2, 0.25) is 0 Å². The molecule has 0 bridgehead atoms. The maximum absolute atomic E-state index is 11.9. The number of para-hydroxylation sites is 1. The number of carbonyl (C=O) groups excluding carboxylic acids is 1. The lowest BCUT2D eigenvalue weighted by Gasteiger charge is -2.06. The molecule has 0 aliphatic rings. The largest absolute Gasteiger partial charge is 0.341 e. The van der Waals surface area contributed by atoms with Crippen LogP contribution in [0, 0.1) is 0 Å². The summed E-state index contributed by atoms with van der Waals surface area (Å²) in [5.41, 5.74) is 3.28. The Morgan fingerprint density at radius 1 is 1.18 bits per heavy atom. The highest BCUT2D eigenvalue weighted by Gasteiger charge is 2.10. The van der Waals surface area contributed by atoms with Crippen LogP contribution in [-0.4, -0.2) is 10.5 Å². The van der Waals surface area contributed by atoms with Crippen molar-refractivity contribution in [3.8, 4) is 0 Å². The minimum Gasteiger partial charge on any atom is -0.341 e. The molecule has 112 valence electrons. The number of carbonyl (C=O) groups is 1. The molecule has 0 saturated carbocycles. The van der Waals surface area contributed by atoms with E-state index in [9.17, 15) is 4.79 Å². The average Bonchev–Trinajstić information content (AvgIpc) is 2.86. The monoisotopic (exact) mass is 292 g/mol. The number of fused-ring (bicyclic) bond motifs is 3. The number of nitrogens with zero attached hydrogens (tertiary/aromatic N) is 1. The second-order valence-corrected chi connectivity index (χ2v) is 5.37. The van der Waals surface area contributed by atoms with Crippen LogP contribution < -0.4 is 5.32 Å². The van der Waals surface area contributed by atoms with Crippen molar-refractivity contribution in [3.63, 3.8) is 0 Å². The summed E-state index contributed by atoms with van der Waals surface area (Å²) in [6.45, 7) is 6.72. The minimum absolute atomic E-state index is 0.0264. The molecule has 1 N–H and O–H groups in total. The number of hydrogen-bond donors (Lipinski definition) is 1. The van der Waals surface area contributed by atoms with Crippen LogP contribution in [0.5, 0.6) is 0 Å². The van der Waals surface area contributed by atoms with Gasteiger partial charge in [0.2, 0.25) is 5.91 Å². The van der Waals surface area contributed by atoms with Crippen molar-refractivity contribution in [2.75, 3.05) is 5.32 Å². The van der Waals surface area contributed by atoms with E-state index in [4.69, 9.17) is 0 Å². The maximum Gasteiger partial charge on any atom is 0.224 e. The smallest absolute Gasteiger partial charge is 0.224 e. The standard InChI is InChI=1S/C19H20N2O/c1-3-5-10-19(22)20-14-11-12-18-16(13-14)15-8-6-7-9-17(15)21(18)4-2/h3,6-9,11-13H,1,4-5,10H2,2H3,(H,20,22). The van der Waals surface area contributed by atoms with Crippen LogP contribution in [-0.2, 0) is 11.3 Å². The molecule has 1 heterocycles. The SMILES string of the molecule is C=CCCC(=O)Nc1ccc2c(c1)c1ccccc1n2CC. The number of amides is 1. The number of allylic oxidation sites excluding steroid dienone is 1. The molecule has 0 atom stereocenters. The number of nitrogens with one attached hydrogen (secondary N) is 1. The fraction of sp³-hybridized carbons (Fsp3) is 0.211. The first-order valence-electron chi connectivity index (χ1n) is 7.66. The third kappa shape index (κ3) is 2.50. The summed E-state index contributed by atoms with van der Waals surface area (Å²) in [6, 6.07) is 14.5. The zero-order valence-electron chi connectivity index (χ0n) is 12.8. The van der Waals surface area contributed by atoms with Crippen molar-refractivity contribution >= 4 is 33.4 Å². The normalized spacial score (nSPS) is 11.0. The molecule has 0 radical (unpaired) electrons. The summed E-state index contributed by atoms with van der Waals surface area (Å²) in [6.07, 6.45) is 2.93. The first-order valence-corrected chi connectivity index (χ1v) is 7.66. The molecule has 1 amide bonds. The third-order valence-corrected chi connectivity index (χ3v) is 3.95. The van der Waals surface area contributed by atoms with Crippen molar-refractivity contribution in [1.82, 2.24) is 4.57 Å². The van der Waals surface area contributed by atoms with Crippen LogP contribution in [0.25, 0.3) is 21.8 Å². The van der Waals surface area contributed by atoms with E-state index in [-0.39, 0.29) is 5.91 Å². The van der Waals surface area contributed by atoms with E-state index in [1.54, 1.807) is 6.08 Å². The Bertz CT molecular complexity index is 845. The van der Waals surface area contributed by atoms with Crippen molar-refractivity contribution < 1.29 is 4.79 Å². The molecule has 3 rings (SSSR count). The Hall–Kier alpha value is -2.55. The number of aromatic nitrogens is 1. The second kappa shape index (κ2) is 6.06. The van der Waals surface area contributed by atoms with Gasteiger partial charge in [-0.05, 0) is 37.6 Å². The van der Waals surface area contributed by atoms with Gasteiger partial charge in [-0.3, -0.25) is 4.79 Å². The van der Waals surface area contributed by atoms with Gasteiger partial charge in [0.05, 0.1) is 0 Å². The number of rotatable bonds is 5. The Morgan fingerprint density at radius 2 is 1.95 bits per heavy atom. The van der Waals surface area contributed by atoms with Gasteiger partial charge in [-0.15, -0.1) is 6.58 Å². The van der Waals surface area contributed by atoms with Gasteiger partial charge < -0.3 is 9.88 Å². The summed E-state index contributed by atoms with van der Waals surface area (Å²) in [5, 5.41) is 5.37. The molecular formula is C19H20N2O. The second-order valence-electron chi connectivity index (χ2n) is 5.37. The Labute approximate surface area is 130 Å². The summed E-state index contributed by atoms with van der Waals surface area (Å²) >= 11 is 0. The number of aryl methyl sites for hydroxylation is 1. The van der Waals surface area contributed by atoms with Crippen molar-refractivity contribution in [2.45, 2.75) is 26.3 Å². The first kappa shape index (κ1) is 14.4. The number of hydrogen-bond acceptors (Lipinski definition) is 1. The van der Waals surface area contributed by atoms with Gasteiger partial charge in [0.1, 0.15) is 0 Å². The molecule has 22 heavy (non-hydrogen) atoms. The summed E-state index contributed by atoms with van der Waals surface area (Å²) in [4.78, 5) is 11.9. The van der Waals surface area contributed by atoms with Crippen molar-refractivity contribution in [1.29, 1.82) is 0 Å². The number of benzene rings is 2. The highest BCUT2D eigenvalue weighted by molar-refractivity contribution is 6.09. The molecule has 0 spiro atoms. The van der Waals surface area contributed by atoms with Crippen molar-refractivity contribution in [3.05, 3.63) is 55.1 Å². The fourth-order valence-corrected chi connectivity index (χ4v) is 2.93. The molecule has 0 fully saturated rings. The van der Waals surface area contributed by atoms with Crippen LogP contribution in [0.1, 0.15) is 19.8 Å². The van der Waals surface area contributed by atoms with E-state index >= 15 is 0 Å². The molecule has 0 aliphatic carbocycles. The van der Waals surface area contributed by atoms with E-state index < -0.39 is 0 Å². The van der Waals surface area contributed by atoms with Crippen LogP contribution in [0.4, 0.5) is 5.69 Å². The molecule has 3 nitrogen and oxygen atoms in total. The zero-order valence-corrected chi connectivity index (χ0v) is 12.8. The lowest BCUT2D eigenvalue weighted by atomic mass is 10.1. The Balaban J connectivity index is 2.04. The minimum atomic E-state index is 0.0264. The predicted molar refractivity (Wildman–Crippen MR) is 93.2 cm³/mol. The Morgan fingerprint density at radius 3 is 2.73 bits per heavy atom. The van der Waals surface area contributed by atoms with E-state index in [0.717, 1.165) is 12.2 Å². The Kier molecular flexibility index (Phi) is 3.96. The average molecular weight is 292 g/mol. The molecular weight excluding hydrogens is 272 g/mol. The zero-order chi connectivity index (χ0) is 15.5. The first-order chi connectivity index (χ1) is 10.7. The molecule has 0 unspecified atom stereocenters. The van der Waals surface area contributed by atoms with E-state index in [2.05, 4.69) is 59.8 Å². The van der Waals surface area contributed by atoms with Gasteiger partial charge in [-0.1, -0.05) is 24.3 Å². The summed E-state index contributed by atoms with van der Waals surface area (Å²) in [5.74, 6) is 0.0264. The van der Waals surface area contributed by atoms with E-state index in [0.29, 0.717) is 12.8 Å². The van der Waals surface area contributed by atoms with Crippen molar-refractivity contribution in [2.24, 2.45) is 0 Å². The highest BCUT2D eigenvalue weighted by Crippen LogP contribution is 2.30. The van der Waals surface area contributed by atoms with Crippen LogP contribution in [0.3, 0.4) is 0 Å². The predicted octanol–water partition coefficient (Wildman–Crippen LogP) is 4.72.